The highest BCUT2D eigenvalue weighted by Gasteiger charge is 2.31. The molecule has 13 heteroatoms. The molecule has 1 aromatic carbocycles. The summed E-state index contributed by atoms with van der Waals surface area (Å²) in [7, 11) is 0. The minimum absolute atomic E-state index is 0.0457. The van der Waals surface area contributed by atoms with Gasteiger partial charge in [0, 0.05) is 18.2 Å². The summed E-state index contributed by atoms with van der Waals surface area (Å²) in [4.78, 5) is 32.2. The molecular weight excluding hydrogens is 453 g/mol. The molecule has 0 unspecified atom stereocenters. The van der Waals surface area contributed by atoms with Crippen LogP contribution in [0.15, 0.2) is 30.1 Å². The molecule has 1 saturated carbocycles. The topological polar surface area (TPSA) is 125 Å². The number of rotatable bonds is 6. The number of fused-ring (bicyclic) bond motifs is 1. The lowest BCUT2D eigenvalue weighted by Gasteiger charge is -2.13. The molecule has 10 nitrogen and oxygen atoms in total. The van der Waals surface area contributed by atoms with Gasteiger partial charge in [0.2, 0.25) is 11.9 Å². The van der Waals surface area contributed by atoms with Crippen molar-refractivity contribution in [2.75, 3.05) is 10.6 Å². The Morgan fingerprint density at radius 1 is 1.21 bits per heavy atom. The number of amides is 3. The van der Waals surface area contributed by atoms with E-state index >= 15 is 0 Å². The molecule has 2 fully saturated rings. The fraction of sp³-hybridized carbons (Fsp3) is 0.286. The molecule has 0 spiro atoms. The van der Waals surface area contributed by atoms with Gasteiger partial charge >= 0.3 is 12.2 Å². The highest BCUT2D eigenvalue weighted by atomic mass is 19.4. The molecule has 3 aromatic rings. The van der Waals surface area contributed by atoms with Gasteiger partial charge in [-0.3, -0.25) is 10.1 Å². The lowest BCUT2D eigenvalue weighted by molar-refractivity contribution is -0.137. The predicted octanol–water partition coefficient (Wildman–Crippen LogP) is 2.82. The molecule has 2 aliphatic rings. The number of aromatic nitrogens is 4. The van der Waals surface area contributed by atoms with Gasteiger partial charge in [-0.05, 0) is 49.1 Å². The van der Waals surface area contributed by atoms with Crippen molar-refractivity contribution < 1.29 is 22.8 Å². The molecular formula is C21H19F3N8O2. The first kappa shape index (κ1) is 21.7. The average molecular weight is 472 g/mol. The zero-order valence-corrected chi connectivity index (χ0v) is 17.8. The van der Waals surface area contributed by atoms with Crippen LogP contribution in [0.1, 0.15) is 35.1 Å². The minimum atomic E-state index is -4.44. The molecule has 34 heavy (non-hydrogen) atoms. The van der Waals surface area contributed by atoms with Gasteiger partial charge in [0.15, 0.2) is 5.65 Å². The molecule has 0 atom stereocenters. The second-order valence-corrected chi connectivity index (χ2v) is 8.08. The number of carbonyl (C=O) groups is 2. The average Bonchev–Trinajstić information content (AvgIpc) is 3.40. The van der Waals surface area contributed by atoms with E-state index in [1.54, 1.807) is 6.92 Å². The summed E-state index contributed by atoms with van der Waals surface area (Å²) in [5.41, 5.74) is 1.26. The van der Waals surface area contributed by atoms with Crippen molar-refractivity contribution in [1.82, 2.24) is 30.2 Å². The Morgan fingerprint density at radius 3 is 2.68 bits per heavy atom. The summed E-state index contributed by atoms with van der Waals surface area (Å²) < 4.78 is 40.8. The summed E-state index contributed by atoms with van der Waals surface area (Å²) in [5.74, 6) is 0.000879. The first-order valence-electron chi connectivity index (χ1n) is 10.4. The van der Waals surface area contributed by atoms with Crippen LogP contribution in [0.2, 0.25) is 0 Å². The van der Waals surface area contributed by atoms with Gasteiger partial charge < -0.3 is 16.0 Å². The van der Waals surface area contributed by atoms with Gasteiger partial charge in [0.25, 0.3) is 5.91 Å². The summed E-state index contributed by atoms with van der Waals surface area (Å²) in [6.07, 6.45) is 0.427. The van der Waals surface area contributed by atoms with Gasteiger partial charge in [0.05, 0.1) is 11.8 Å². The van der Waals surface area contributed by atoms with Crippen molar-refractivity contribution in [3.63, 3.8) is 0 Å². The lowest BCUT2D eigenvalue weighted by Crippen LogP contribution is -2.22. The van der Waals surface area contributed by atoms with Crippen molar-refractivity contribution in [1.29, 1.82) is 0 Å². The Morgan fingerprint density at radius 2 is 2.00 bits per heavy atom. The van der Waals surface area contributed by atoms with Crippen LogP contribution in [0.5, 0.6) is 0 Å². The number of nitrogens with zero attached hydrogens (tertiary/aromatic N) is 4. The van der Waals surface area contributed by atoms with Gasteiger partial charge in [-0.25, -0.2) is 4.79 Å². The Hall–Kier alpha value is -4.16. The zero-order valence-electron chi connectivity index (χ0n) is 17.8. The van der Waals surface area contributed by atoms with Gasteiger partial charge in [-0.2, -0.15) is 32.8 Å². The molecule has 0 radical (unpaired) electrons. The molecule has 3 heterocycles. The number of aryl methyl sites for hydroxylation is 1. The van der Waals surface area contributed by atoms with Crippen LogP contribution in [0.25, 0.3) is 11.7 Å². The van der Waals surface area contributed by atoms with E-state index < -0.39 is 23.7 Å². The number of hydrogen-bond donors (Lipinski definition) is 4. The number of hydrogen-bond acceptors (Lipinski definition) is 7. The van der Waals surface area contributed by atoms with Crippen molar-refractivity contribution in [2.24, 2.45) is 0 Å². The lowest BCUT2D eigenvalue weighted by atomic mass is 10.0. The van der Waals surface area contributed by atoms with E-state index in [2.05, 4.69) is 36.3 Å². The third-order valence-electron chi connectivity index (χ3n) is 5.44. The monoisotopic (exact) mass is 472 g/mol. The van der Waals surface area contributed by atoms with Crippen LogP contribution in [0.3, 0.4) is 0 Å². The number of halogens is 3. The molecule has 4 N–H and O–H groups in total. The van der Waals surface area contributed by atoms with E-state index in [0.29, 0.717) is 28.3 Å². The maximum atomic E-state index is 13.1. The van der Waals surface area contributed by atoms with E-state index in [-0.39, 0.29) is 24.2 Å². The highest BCUT2D eigenvalue weighted by molar-refractivity contribution is 6.14. The molecule has 3 amide bonds. The zero-order chi connectivity index (χ0) is 24.0. The van der Waals surface area contributed by atoms with Crippen molar-refractivity contribution in [3.05, 3.63) is 52.3 Å². The third kappa shape index (κ3) is 4.36. The number of carbonyl (C=O) groups excluding carboxylic acids is 2. The van der Waals surface area contributed by atoms with Crippen LogP contribution >= 0.6 is 0 Å². The maximum Gasteiger partial charge on any atom is 0.416 e. The van der Waals surface area contributed by atoms with E-state index in [9.17, 15) is 22.8 Å². The van der Waals surface area contributed by atoms with Crippen LogP contribution in [0, 0.1) is 6.92 Å². The maximum absolute atomic E-state index is 13.1. The fourth-order valence-electron chi connectivity index (χ4n) is 3.43. The predicted molar refractivity (Wildman–Crippen MR) is 116 cm³/mol. The second-order valence-electron chi connectivity index (χ2n) is 8.08. The van der Waals surface area contributed by atoms with Gasteiger partial charge in [0.1, 0.15) is 5.70 Å². The van der Waals surface area contributed by atoms with E-state index in [4.69, 9.17) is 0 Å². The Bertz CT molecular complexity index is 1340. The quantitative estimate of drug-likeness (QED) is 0.321. The molecule has 1 aliphatic heterocycles. The molecule has 5 rings (SSSR count). The number of urea groups is 1. The van der Waals surface area contributed by atoms with Crippen molar-refractivity contribution in [3.8, 4) is 0 Å². The second kappa shape index (κ2) is 8.01. The first-order valence-corrected chi connectivity index (χ1v) is 10.4. The number of anilines is 2. The third-order valence-corrected chi connectivity index (χ3v) is 5.44. The van der Waals surface area contributed by atoms with Crippen LogP contribution in [0.4, 0.5) is 29.9 Å². The standard InChI is InChI=1S/C21H19F3N8O2/c1-10-2-3-13(21(22,23)24)6-11(10)8-25-18-29-16-12(7-15-17(33)30-20(34)28-15)9-26-32(16)19(31-18)27-14-4-5-14/h2-3,6-7,9,14H,4-5,8H2,1H3,(H2,25,27,29,31)(H2,28,30,33,34)/b15-7-. The molecule has 2 aromatic heterocycles. The van der Waals surface area contributed by atoms with E-state index in [1.165, 1.54) is 22.9 Å². The number of benzene rings is 1. The largest absolute Gasteiger partial charge is 0.416 e. The van der Waals surface area contributed by atoms with Crippen molar-refractivity contribution >= 4 is 35.6 Å². The van der Waals surface area contributed by atoms with Crippen molar-refractivity contribution in [2.45, 2.75) is 38.5 Å². The van der Waals surface area contributed by atoms with Crippen LogP contribution in [-0.2, 0) is 17.5 Å². The number of imide groups is 1. The molecule has 176 valence electrons. The smallest absolute Gasteiger partial charge is 0.351 e. The Kier molecular flexibility index (Phi) is 5.10. The Balaban J connectivity index is 1.48. The first-order chi connectivity index (χ1) is 16.2. The van der Waals surface area contributed by atoms with E-state index in [1.807, 2.05) is 0 Å². The molecule has 0 bridgehead atoms. The van der Waals surface area contributed by atoms with Crippen LogP contribution in [-0.4, -0.2) is 37.6 Å². The SMILES string of the molecule is Cc1ccc(C(F)(F)F)cc1CNc1nc(NC2CC2)n2ncc(/C=C3\NC(=O)NC3=O)c2n1. The summed E-state index contributed by atoms with van der Waals surface area (Å²) in [6, 6.07) is 3.18. The van der Waals surface area contributed by atoms with E-state index in [0.717, 1.165) is 25.0 Å². The Labute approximate surface area is 190 Å². The molecule has 1 saturated heterocycles. The van der Waals surface area contributed by atoms with Gasteiger partial charge in [-0.15, -0.1) is 0 Å². The van der Waals surface area contributed by atoms with Gasteiger partial charge in [-0.1, -0.05) is 6.07 Å². The number of nitrogens with one attached hydrogen (secondary N) is 4. The molecule has 1 aliphatic carbocycles. The minimum Gasteiger partial charge on any atom is -0.351 e. The summed E-state index contributed by atoms with van der Waals surface area (Å²) >= 11 is 0. The van der Waals surface area contributed by atoms with Crippen LogP contribution < -0.4 is 21.3 Å². The highest BCUT2D eigenvalue weighted by Crippen LogP contribution is 2.31. The summed E-state index contributed by atoms with van der Waals surface area (Å²) in [6.45, 7) is 1.79. The summed E-state index contributed by atoms with van der Waals surface area (Å²) in [5, 5.41) is 15.1. The number of alkyl halides is 3. The normalized spacial score (nSPS) is 17.2. The fourth-order valence-corrected chi connectivity index (χ4v) is 3.43.